The minimum absolute atomic E-state index is 0.578. The van der Waals surface area contributed by atoms with Crippen molar-refractivity contribution in [1.29, 1.82) is 0 Å². The Kier molecular flexibility index (Phi) is 8.42. The maximum absolute atomic E-state index is 6.78. The monoisotopic (exact) mass is 792 g/mol. The van der Waals surface area contributed by atoms with Crippen molar-refractivity contribution in [2.75, 3.05) is 0 Å². The van der Waals surface area contributed by atoms with Crippen molar-refractivity contribution in [3.8, 4) is 73.2 Å². The highest BCUT2D eigenvalue weighted by Gasteiger charge is 2.21. The summed E-state index contributed by atoms with van der Waals surface area (Å²) < 4.78 is 9.13. The van der Waals surface area contributed by atoms with E-state index in [2.05, 4.69) is 199 Å². The van der Waals surface area contributed by atoms with Crippen molar-refractivity contribution in [3.05, 3.63) is 218 Å². The van der Waals surface area contributed by atoms with E-state index in [0.29, 0.717) is 17.5 Å². The Balaban J connectivity index is 1.07. The summed E-state index contributed by atoms with van der Waals surface area (Å²) in [6.07, 6.45) is 0. The highest BCUT2D eigenvalue weighted by molar-refractivity contribution is 6.19. The van der Waals surface area contributed by atoms with Gasteiger partial charge < -0.3 is 8.98 Å². The molecule has 3 heterocycles. The van der Waals surface area contributed by atoms with Crippen molar-refractivity contribution in [1.82, 2.24) is 19.5 Å². The normalized spacial score (nSPS) is 11.5. The van der Waals surface area contributed by atoms with Gasteiger partial charge in [0.15, 0.2) is 17.5 Å². The van der Waals surface area contributed by atoms with Crippen LogP contribution >= 0.6 is 0 Å². The zero-order valence-electron chi connectivity index (χ0n) is 33.5. The summed E-state index contributed by atoms with van der Waals surface area (Å²) in [5.41, 5.74) is 14.3. The van der Waals surface area contributed by atoms with Crippen molar-refractivity contribution in [3.63, 3.8) is 0 Å². The minimum Gasteiger partial charge on any atom is -0.456 e. The van der Waals surface area contributed by atoms with E-state index < -0.39 is 0 Å². The van der Waals surface area contributed by atoms with Crippen LogP contribution in [0.1, 0.15) is 0 Å². The third kappa shape index (κ3) is 6.14. The Morgan fingerprint density at radius 1 is 0.306 bits per heavy atom. The molecule has 12 aromatic rings. The Bertz CT molecular complexity index is 3530. The van der Waals surface area contributed by atoms with E-state index in [1.165, 1.54) is 10.9 Å². The Morgan fingerprint density at radius 2 is 0.806 bits per heavy atom. The summed E-state index contributed by atoms with van der Waals surface area (Å²) in [5.74, 6) is 1.77. The lowest BCUT2D eigenvalue weighted by Gasteiger charge is -2.11. The molecule has 0 spiro atoms. The summed E-state index contributed by atoms with van der Waals surface area (Å²) in [6, 6.07) is 76.2. The molecule has 290 valence electrons. The molecule has 9 aromatic carbocycles. The predicted octanol–water partition coefficient (Wildman–Crippen LogP) is 14.9. The van der Waals surface area contributed by atoms with E-state index in [-0.39, 0.29) is 0 Å². The smallest absolute Gasteiger partial charge is 0.164 e. The summed E-state index contributed by atoms with van der Waals surface area (Å²) in [4.78, 5) is 15.7. The number of benzene rings is 9. The quantitative estimate of drug-likeness (QED) is 0.161. The lowest BCUT2D eigenvalue weighted by molar-refractivity contribution is 0.669. The molecular formula is C57H36N4O. The first-order valence-electron chi connectivity index (χ1n) is 20.8. The summed E-state index contributed by atoms with van der Waals surface area (Å²) in [5, 5.41) is 4.28. The third-order valence-corrected chi connectivity index (χ3v) is 11.8. The average Bonchev–Trinajstić information content (AvgIpc) is 3.89. The molecule has 0 fully saturated rings. The zero-order chi connectivity index (χ0) is 41.0. The van der Waals surface area contributed by atoms with Crippen LogP contribution in [0.15, 0.2) is 223 Å². The van der Waals surface area contributed by atoms with Gasteiger partial charge in [-0.05, 0) is 75.8 Å². The first-order chi connectivity index (χ1) is 30.7. The molecule has 0 atom stereocenters. The number of fused-ring (bicyclic) bond motifs is 6. The Labute approximate surface area is 357 Å². The van der Waals surface area contributed by atoms with Crippen molar-refractivity contribution < 1.29 is 4.42 Å². The molecular weight excluding hydrogens is 757 g/mol. The molecule has 0 amide bonds. The highest BCUT2D eigenvalue weighted by atomic mass is 16.3. The second-order valence-electron chi connectivity index (χ2n) is 15.6. The molecule has 12 rings (SSSR count). The molecule has 0 aliphatic heterocycles. The van der Waals surface area contributed by atoms with E-state index in [9.17, 15) is 0 Å². The van der Waals surface area contributed by atoms with Crippen LogP contribution < -0.4 is 0 Å². The molecule has 0 bridgehead atoms. The molecule has 5 heteroatoms. The van der Waals surface area contributed by atoms with Crippen LogP contribution in [-0.4, -0.2) is 19.5 Å². The molecule has 0 aliphatic rings. The Hall–Kier alpha value is -8.41. The van der Waals surface area contributed by atoms with Gasteiger partial charge in [-0.2, -0.15) is 0 Å². The van der Waals surface area contributed by atoms with Crippen LogP contribution in [0.25, 0.3) is 117 Å². The number of aromatic nitrogens is 4. The van der Waals surface area contributed by atoms with E-state index in [0.717, 1.165) is 88.6 Å². The standard InChI is InChI=1S/C57H36N4O/c1-4-16-37(17-5-1)40-22-12-25-43(32-40)55-58-56(44-26-13-23-41(33-44)38-18-6-2-7-19-38)60-57(59-55)47-29-15-31-52-54(47)49-35-48-46-28-10-11-30-50(46)61(51(48)36-53(49)62-52)45-27-14-24-42(34-45)39-20-8-3-9-21-39/h1-36H. The number of nitrogens with zero attached hydrogens (tertiary/aromatic N) is 4. The first kappa shape index (κ1) is 35.5. The molecule has 5 nitrogen and oxygen atoms in total. The SMILES string of the molecule is c1ccc(-c2cccc(-c3nc(-c4cccc(-c5ccccc5)c4)nc(-c4cccc5oc6cc7c(cc6c45)c4ccccc4n7-c4cccc(-c5ccccc5)c4)n3)c2)cc1. The van der Waals surface area contributed by atoms with Gasteiger partial charge in [-0.25, -0.2) is 15.0 Å². The molecule has 3 aromatic heterocycles. The molecule has 0 saturated carbocycles. The molecule has 0 radical (unpaired) electrons. The number of hydrogen-bond acceptors (Lipinski definition) is 4. The van der Waals surface area contributed by atoms with Gasteiger partial charge in [0.1, 0.15) is 11.2 Å². The summed E-state index contributed by atoms with van der Waals surface area (Å²) >= 11 is 0. The van der Waals surface area contributed by atoms with Crippen LogP contribution in [0.4, 0.5) is 0 Å². The van der Waals surface area contributed by atoms with Crippen molar-refractivity contribution >= 4 is 43.7 Å². The van der Waals surface area contributed by atoms with Gasteiger partial charge in [0, 0.05) is 50.0 Å². The number of para-hydroxylation sites is 1. The first-order valence-corrected chi connectivity index (χ1v) is 20.8. The number of furan rings is 1. The van der Waals surface area contributed by atoms with Crippen LogP contribution in [0.2, 0.25) is 0 Å². The second kappa shape index (κ2) is 14.7. The third-order valence-electron chi connectivity index (χ3n) is 11.8. The topological polar surface area (TPSA) is 56.7 Å². The molecule has 0 aliphatic carbocycles. The van der Waals surface area contributed by atoms with E-state index in [1.54, 1.807) is 0 Å². The predicted molar refractivity (Wildman–Crippen MR) is 254 cm³/mol. The summed E-state index contributed by atoms with van der Waals surface area (Å²) in [7, 11) is 0. The van der Waals surface area contributed by atoms with E-state index >= 15 is 0 Å². The van der Waals surface area contributed by atoms with Gasteiger partial charge in [-0.15, -0.1) is 0 Å². The Morgan fingerprint density at radius 3 is 1.44 bits per heavy atom. The van der Waals surface area contributed by atoms with Gasteiger partial charge in [0.05, 0.1) is 11.0 Å². The van der Waals surface area contributed by atoms with Gasteiger partial charge in [-0.3, -0.25) is 0 Å². The second-order valence-corrected chi connectivity index (χ2v) is 15.6. The van der Waals surface area contributed by atoms with Gasteiger partial charge in [-0.1, -0.05) is 170 Å². The zero-order valence-corrected chi connectivity index (χ0v) is 33.5. The van der Waals surface area contributed by atoms with Crippen LogP contribution in [0, 0.1) is 0 Å². The number of hydrogen-bond donors (Lipinski definition) is 0. The lowest BCUT2D eigenvalue weighted by Crippen LogP contribution is -2.00. The van der Waals surface area contributed by atoms with Gasteiger partial charge in [0.2, 0.25) is 0 Å². The van der Waals surface area contributed by atoms with E-state index in [4.69, 9.17) is 19.4 Å². The van der Waals surface area contributed by atoms with Crippen LogP contribution in [0.5, 0.6) is 0 Å². The summed E-state index contributed by atoms with van der Waals surface area (Å²) in [6.45, 7) is 0. The number of rotatable bonds is 7. The molecule has 0 saturated heterocycles. The lowest BCUT2D eigenvalue weighted by atomic mass is 10.0. The molecule has 0 N–H and O–H groups in total. The maximum atomic E-state index is 6.78. The highest BCUT2D eigenvalue weighted by Crippen LogP contribution is 2.42. The fraction of sp³-hybridized carbons (Fsp3) is 0. The van der Waals surface area contributed by atoms with E-state index in [1.807, 2.05) is 24.3 Å². The van der Waals surface area contributed by atoms with Crippen molar-refractivity contribution in [2.45, 2.75) is 0 Å². The molecule has 0 unspecified atom stereocenters. The van der Waals surface area contributed by atoms with Crippen molar-refractivity contribution in [2.24, 2.45) is 0 Å². The fourth-order valence-corrected chi connectivity index (χ4v) is 8.90. The fourth-order valence-electron chi connectivity index (χ4n) is 8.90. The van der Waals surface area contributed by atoms with Crippen LogP contribution in [-0.2, 0) is 0 Å². The van der Waals surface area contributed by atoms with Gasteiger partial charge >= 0.3 is 0 Å². The molecule has 62 heavy (non-hydrogen) atoms. The van der Waals surface area contributed by atoms with Crippen LogP contribution in [0.3, 0.4) is 0 Å². The average molecular weight is 793 g/mol. The van der Waals surface area contributed by atoms with Gasteiger partial charge in [0.25, 0.3) is 0 Å². The minimum atomic E-state index is 0.578. The largest absolute Gasteiger partial charge is 0.456 e. The maximum Gasteiger partial charge on any atom is 0.164 e.